The highest BCUT2D eigenvalue weighted by Crippen LogP contribution is 2.44. The van der Waals surface area contributed by atoms with Crippen LogP contribution in [-0.4, -0.2) is 27.0 Å². The molecule has 138 valence electrons. The van der Waals surface area contributed by atoms with E-state index < -0.39 is 29.9 Å². The predicted octanol–water partition coefficient (Wildman–Crippen LogP) is 4.09. The van der Waals surface area contributed by atoms with Crippen LogP contribution >= 0.6 is 0 Å². The molecule has 1 aromatic heterocycles. The van der Waals surface area contributed by atoms with Crippen LogP contribution in [0.3, 0.4) is 0 Å². The minimum atomic E-state index is -4.39. The van der Waals surface area contributed by atoms with Gasteiger partial charge in [-0.25, -0.2) is 4.39 Å². The maximum Gasteiger partial charge on any atom is 0.408 e. The van der Waals surface area contributed by atoms with Crippen molar-refractivity contribution in [3.05, 3.63) is 59.2 Å². The maximum atomic E-state index is 13.9. The zero-order valence-electron chi connectivity index (χ0n) is 13.8. The molecular weight excluding hydrogens is 352 g/mol. The van der Waals surface area contributed by atoms with Crippen LogP contribution < -0.4 is 0 Å². The molecule has 0 saturated carbocycles. The molecule has 2 aromatic rings. The first-order valence-electron chi connectivity index (χ1n) is 7.93. The van der Waals surface area contributed by atoms with E-state index in [0.717, 1.165) is 4.68 Å². The Balaban J connectivity index is 2.00. The fourth-order valence-corrected chi connectivity index (χ4v) is 3.39. The van der Waals surface area contributed by atoms with Gasteiger partial charge in [0.1, 0.15) is 17.8 Å². The number of hydrogen-bond donors (Lipinski definition) is 1. The number of nitrogens with zero attached hydrogens (tertiary/aromatic N) is 2. The van der Waals surface area contributed by atoms with E-state index in [0.29, 0.717) is 23.1 Å². The Labute approximate surface area is 146 Å². The summed E-state index contributed by atoms with van der Waals surface area (Å²) in [7, 11) is 0. The third kappa shape index (κ3) is 3.23. The van der Waals surface area contributed by atoms with Gasteiger partial charge in [-0.15, -0.1) is 0 Å². The predicted molar refractivity (Wildman–Crippen MR) is 85.9 cm³/mol. The van der Waals surface area contributed by atoms with Crippen LogP contribution in [0.5, 0.6) is 0 Å². The quantitative estimate of drug-likeness (QED) is 0.827. The van der Waals surface area contributed by atoms with Gasteiger partial charge in [-0.1, -0.05) is 18.2 Å². The van der Waals surface area contributed by atoms with E-state index >= 15 is 0 Å². The third-order valence-corrected chi connectivity index (χ3v) is 4.68. The van der Waals surface area contributed by atoms with Crippen molar-refractivity contribution in [2.24, 2.45) is 0 Å². The van der Waals surface area contributed by atoms with Gasteiger partial charge in [0.05, 0.1) is 6.20 Å². The lowest BCUT2D eigenvalue weighted by Gasteiger charge is -2.24. The van der Waals surface area contributed by atoms with Crippen molar-refractivity contribution in [1.29, 1.82) is 0 Å². The summed E-state index contributed by atoms with van der Waals surface area (Å²) < 4.78 is 52.1. The summed E-state index contributed by atoms with van der Waals surface area (Å²) in [5, 5.41) is 13.5. The number of aromatic nitrogens is 2. The molecule has 1 aliphatic rings. The number of rotatable bonds is 4. The molecule has 8 heteroatoms. The summed E-state index contributed by atoms with van der Waals surface area (Å²) in [6, 6.07) is 4.28. The Bertz CT molecular complexity index is 886. The average Bonchev–Trinajstić information content (AvgIpc) is 3.16. The highest BCUT2D eigenvalue weighted by atomic mass is 19.4. The zero-order valence-corrected chi connectivity index (χ0v) is 13.8. The number of benzene rings is 1. The molecule has 3 rings (SSSR count). The van der Waals surface area contributed by atoms with Gasteiger partial charge in [0.15, 0.2) is 0 Å². The average molecular weight is 368 g/mol. The normalized spacial score (nSPS) is 20.3. The molecule has 26 heavy (non-hydrogen) atoms. The molecule has 1 heterocycles. The second kappa shape index (κ2) is 6.26. The second-order valence-corrected chi connectivity index (χ2v) is 6.40. The fraction of sp³-hybridized carbons (Fsp3) is 0.333. The van der Waals surface area contributed by atoms with E-state index in [1.165, 1.54) is 37.5 Å². The fourth-order valence-electron chi connectivity index (χ4n) is 3.39. The van der Waals surface area contributed by atoms with E-state index in [1.54, 1.807) is 6.07 Å². The molecule has 1 atom stereocenters. The van der Waals surface area contributed by atoms with Crippen LogP contribution in [0.2, 0.25) is 0 Å². The Morgan fingerprint density at radius 3 is 2.77 bits per heavy atom. The minimum absolute atomic E-state index is 0.201. The smallest absolute Gasteiger partial charge is 0.408 e. The lowest BCUT2D eigenvalue weighted by Crippen LogP contribution is -2.32. The lowest BCUT2D eigenvalue weighted by atomic mass is 9.78. The number of carboxylic acids is 1. The molecule has 0 amide bonds. The van der Waals surface area contributed by atoms with Crippen molar-refractivity contribution < 1.29 is 27.5 Å². The monoisotopic (exact) mass is 368 g/mol. The molecule has 0 fully saturated rings. The number of allylic oxidation sites excluding steroid dienone is 1. The number of hydrogen-bond acceptors (Lipinski definition) is 2. The molecular formula is C18H16F4N2O2. The lowest BCUT2D eigenvalue weighted by molar-refractivity contribution is -0.143. The zero-order chi connectivity index (χ0) is 19.1. The SMILES string of the molecule is Cc1c(F)cccc1C1(C(=O)O)C=C(c2cnn(CC(F)(F)F)c2)CC1. The van der Waals surface area contributed by atoms with Crippen LogP contribution in [0.1, 0.15) is 29.5 Å². The second-order valence-electron chi connectivity index (χ2n) is 6.40. The first-order chi connectivity index (χ1) is 12.1. The van der Waals surface area contributed by atoms with E-state index in [4.69, 9.17) is 0 Å². The molecule has 0 aliphatic heterocycles. The Hall–Kier alpha value is -2.64. The number of carbonyl (C=O) groups is 1. The van der Waals surface area contributed by atoms with Crippen LogP contribution in [0.15, 0.2) is 36.7 Å². The summed E-state index contributed by atoms with van der Waals surface area (Å²) >= 11 is 0. The van der Waals surface area contributed by atoms with E-state index in [2.05, 4.69) is 5.10 Å². The largest absolute Gasteiger partial charge is 0.480 e. The minimum Gasteiger partial charge on any atom is -0.480 e. The molecule has 1 N–H and O–H groups in total. The maximum absolute atomic E-state index is 13.9. The molecule has 1 aliphatic carbocycles. The van der Waals surface area contributed by atoms with Crippen LogP contribution in [0.25, 0.3) is 5.57 Å². The van der Waals surface area contributed by atoms with E-state index in [1.807, 2.05) is 0 Å². The number of alkyl halides is 3. The number of halogens is 4. The van der Waals surface area contributed by atoms with Gasteiger partial charge in [-0.2, -0.15) is 18.3 Å². The summed E-state index contributed by atoms with van der Waals surface area (Å²) in [6.07, 6.45) is 0.193. The van der Waals surface area contributed by atoms with Gasteiger partial charge in [0.2, 0.25) is 0 Å². The highest BCUT2D eigenvalue weighted by molar-refractivity contribution is 5.90. The molecule has 4 nitrogen and oxygen atoms in total. The van der Waals surface area contributed by atoms with Crippen molar-refractivity contribution in [3.8, 4) is 0 Å². The summed E-state index contributed by atoms with van der Waals surface area (Å²) in [5.74, 6) is -1.62. The van der Waals surface area contributed by atoms with Gasteiger partial charge in [-0.3, -0.25) is 9.48 Å². The Morgan fingerprint density at radius 1 is 1.38 bits per heavy atom. The van der Waals surface area contributed by atoms with Crippen LogP contribution in [0.4, 0.5) is 17.6 Å². The van der Waals surface area contributed by atoms with Gasteiger partial charge >= 0.3 is 12.1 Å². The van der Waals surface area contributed by atoms with Gasteiger partial charge < -0.3 is 5.11 Å². The van der Waals surface area contributed by atoms with E-state index in [9.17, 15) is 27.5 Å². The first kappa shape index (κ1) is 18.2. The highest BCUT2D eigenvalue weighted by Gasteiger charge is 2.43. The Morgan fingerprint density at radius 2 is 2.12 bits per heavy atom. The molecule has 1 aromatic carbocycles. The molecule has 0 spiro atoms. The molecule has 0 radical (unpaired) electrons. The number of carboxylic acid groups (broad SMARTS) is 1. The number of aliphatic carboxylic acids is 1. The van der Waals surface area contributed by atoms with Gasteiger partial charge in [0.25, 0.3) is 0 Å². The summed E-state index contributed by atoms with van der Waals surface area (Å²) in [6.45, 7) is 0.301. The van der Waals surface area contributed by atoms with Crippen molar-refractivity contribution in [2.45, 2.75) is 37.9 Å². The van der Waals surface area contributed by atoms with Crippen LogP contribution in [-0.2, 0) is 16.8 Å². The van der Waals surface area contributed by atoms with Crippen molar-refractivity contribution >= 4 is 11.5 Å². The van der Waals surface area contributed by atoms with Crippen molar-refractivity contribution in [2.75, 3.05) is 0 Å². The molecule has 0 bridgehead atoms. The summed E-state index contributed by atoms with van der Waals surface area (Å²) in [4.78, 5) is 12.0. The van der Waals surface area contributed by atoms with Gasteiger partial charge in [0, 0.05) is 11.8 Å². The summed E-state index contributed by atoms with van der Waals surface area (Å²) in [5.41, 5.74) is 0.215. The topological polar surface area (TPSA) is 55.1 Å². The molecule has 1 unspecified atom stereocenters. The van der Waals surface area contributed by atoms with Gasteiger partial charge in [-0.05, 0) is 42.5 Å². The Kier molecular flexibility index (Phi) is 4.37. The van der Waals surface area contributed by atoms with Crippen molar-refractivity contribution in [1.82, 2.24) is 9.78 Å². The molecule has 0 saturated heterocycles. The third-order valence-electron chi connectivity index (χ3n) is 4.68. The standard InChI is InChI=1S/C18H16F4N2O2/c1-11-14(3-2-4-15(11)19)17(16(25)26)6-5-12(7-17)13-8-23-24(9-13)10-18(20,21)22/h2-4,7-9H,5-6,10H2,1H3,(H,25,26). The van der Waals surface area contributed by atoms with Crippen molar-refractivity contribution in [3.63, 3.8) is 0 Å². The van der Waals surface area contributed by atoms with E-state index in [-0.39, 0.29) is 12.0 Å². The first-order valence-corrected chi connectivity index (χ1v) is 7.93. The van der Waals surface area contributed by atoms with Crippen LogP contribution in [0, 0.1) is 12.7 Å².